The molecule has 0 radical (unpaired) electrons. The standard InChI is InChI=1S/C11H16ClNOS/c1-9(2)13(6-3-5-12)11(14)10-4-7-15-8-10/h4,7-9H,3,5-6H2,1-2H3. The van der Waals surface area contributed by atoms with Crippen LogP contribution in [0.1, 0.15) is 30.6 Å². The number of hydrogen-bond acceptors (Lipinski definition) is 2. The monoisotopic (exact) mass is 245 g/mol. The first-order chi connectivity index (χ1) is 7.16. The van der Waals surface area contributed by atoms with E-state index in [1.54, 1.807) is 11.3 Å². The molecule has 1 rings (SSSR count). The minimum absolute atomic E-state index is 0.108. The van der Waals surface area contributed by atoms with E-state index in [9.17, 15) is 4.79 Å². The summed E-state index contributed by atoms with van der Waals surface area (Å²) in [6, 6.07) is 2.09. The van der Waals surface area contributed by atoms with Crippen molar-refractivity contribution in [1.82, 2.24) is 4.90 Å². The number of alkyl halides is 1. The normalized spacial score (nSPS) is 10.7. The maximum absolute atomic E-state index is 12.0. The van der Waals surface area contributed by atoms with Crippen molar-refractivity contribution in [1.29, 1.82) is 0 Å². The smallest absolute Gasteiger partial charge is 0.254 e. The maximum atomic E-state index is 12.0. The number of carbonyl (C=O) groups excluding carboxylic acids is 1. The summed E-state index contributed by atoms with van der Waals surface area (Å²) in [4.78, 5) is 13.9. The number of halogens is 1. The molecule has 0 aliphatic carbocycles. The summed E-state index contributed by atoms with van der Waals surface area (Å²) in [7, 11) is 0. The Morgan fingerprint density at radius 1 is 1.60 bits per heavy atom. The first kappa shape index (κ1) is 12.5. The molecule has 1 amide bonds. The molecule has 0 fully saturated rings. The van der Waals surface area contributed by atoms with E-state index in [1.807, 2.05) is 35.6 Å². The molecule has 0 unspecified atom stereocenters. The van der Waals surface area contributed by atoms with Crippen LogP contribution >= 0.6 is 22.9 Å². The minimum Gasteiger partial charge on any atom is -0.336 e. The van der Waals surface area contributed by atoms with Crippen molar-refractivity contribution < 1.29 is 4.79 Å². The number of thiophene rings is 1. The van der Waals surface area contributed by atoms with E-state index in [2.05, 4.69) is 0 Å². The molecule has 0 saturated carbocycles. The molecule has 0 aliphatic heterocycles. The first-order valence-corrected chi connectivity index (χ1v) is 6.53. The van der Waals surface area contributed by atoms with Crippen molar-refractivity contribution in [3.8, 4) is 0 Å². The molecule has 0 aromatic carbocycles. The van der Waals surface area contributed by atoms with Gasteiger partial charge in [-0.25, -0.2) is 0 Å². The second kappa shape index (κ2) is 6.13. The summed E-state index contributed by atoms with van der Waals surface area (Å²) in [5.74, 6) is 0.705. The zero-order valence-electron chi connectivity index (χ0n) is 9.07. The van der Waals surface area contributed by atoms with Crippen LogP contribution in [-0.4, -0.2) is 29.3 Å². The Morgan fingerprint density at radius 3 is 2.80 bits per heavy atom. The third kappa shape index (κ3) is 3.50. The van der Waals surface area contributed by atoms with Crippen molar-refractivity contribution in [3.05, 3.63) is 22.4 Å². The summed E-state index contributed by atoms with van der Waals surface area (Å²) in [6.07, 6.45) is 0.843. The number of nitrogens with zero attached hydrogens (tertiary/aromatic N) is 1. The quantitative estimate of drug-likeness (QED) is 0.730. The molecule has 1 aromatic rings. The second-order valence-electron chi connectivity index (χ2n) is 3.65. The molecule has 0 bridgehead atoms. The molecule has 0 atom stereocenters. The lowest BCUT2D eigenvalue weighted by Crippen LogP contribution is -2.37. The van der Waals surface area contributed by atoms with Crippen LogP contribution in [0.4, 0.5) is 0 Å². The third-order valence-corrected chi connectivity index (χ3v) is 3.14. The summed E-state index contributed by atoms with van der Waals surface area (Å²) < 4.78 is 0. The topological polar surface area (TPSA) is 20.3 Å². The van der Waals surface area contributed by atoms with Gasteiger partial charge in [-0.1, -0.05) is 0 Å². The average Bonchev–Trinajstić information content (AvgIpc) is 2.70. The van der Waals surface area contributed by atoms with Crippen molar-refractivity contribution in [3.63, 3.8) is 0 Å². The molecule has 4 heteroatoms. The largest absolute Gasteiger partial charge is 0.336 e. The number of rotatable bonds is 5. The summed E-state index contributed by atoms with van der Waals surface area (Å²) in [6.45, 7) is 4.78. The molecule has 0 N–H and O–H groups in total. The number of carbonyl (C=O) groups is 1. The lowest BCUT2D eigenvalue weighted by atomic mass is 10.2. The van der Waals surface area contributed by atoms with Crippen LogP contribution in [0.3, 0.4) is 0 Å². The fourth-order valence-corrected chi connectivity index (χ4v) is 2.13. The van der Waals surface area contributed by atoms with Gasteiger partial charge in [0.05, 0.1) is 5.56 Å². The molecule has 0 spiro atoms. The van der Waals surface area contributed by atoms with E-state index in [0.717, 1.165) is 18.5 Å². The van der Waals surface area contributed by atoms with Crippen LogP contribution in [0.15, 0.2) is 16.8 Å². The molecule has 1 heterocycles. The molecular weight excluding hydrogens is 230 g/mol. The maximum Gasteiger partial charge on any atom is 0.254 e. The van der Waals surface area contributed by atoms with E-state index in [4.69, 9.17) is 11.6 Å². The van der Waals surface area contributed by atoms with Crippen LogP contribution in [0, 0.1) is 0 Å². The van der Waals surface area contributed by atoms with E-state index in [1.165, 1.54) is 0 Å². The van der Waals surface area contributed by atoms with Crippen LogP contribution in [-0.2, 0) is 0 Å². The van der Waals surface area contributed by atoms with Gasteiger partial charge in [-0.05, 0) is 31.7 Å². The highest BCUT2D eigenvalue weighted by Crippen LogP contribution is 2.12. The van der Waals surface area contributed by atoms with Gasteiger partial charge < -0.3 is 4.90 Å². The Labute approximate surface area is 99.9 Å². The average molecular weight is 246 g/mol. The van der Waals surface area contributed by atoms with Gasteiger partial charge in [-0.2, -0.15) is 11.3 Å². The summed E-state index contributed by atoms with van der Waals surface area (Å²) >= 11 is 7.19. The van der Waals surface area contributed by atoms with E-state index < -0.39 is 0 Å². The Bertz CT molecular complexity index is 298. The summed E-state index contributed by atoms with van der Waals surface area (Å²) in [5.41, 5.74) is 0.781. The first-order valence-electron chi connectivity index (χ1n) is 5.06. The Kier molecular flexibility index (Phi) is 5.12. The number of hydrogen-bond donors (Lipinski definition) is 0. The third-order valence-electron chi connectivity index (χ3n) is 2.18. The van der Waals surface area contributed by atoms with E-state index in [-0.39, 0.29) is 11.9 Å². The van der Waals surface area contributed by atoms with Crippen LogP contribution in [0.25, 0.3) is 0 Å². The zero-order valence-corrected chi connectivity index (χ0v) is 10.6. The van der Waals surface area contributed by atoms with Crippen LogP contribution in [0.2, 0.25) is 0 Å². The van der Waals surface area contributed by atoms with E-state index >= 15 is 0 Å². The highest BCUT2D eigenvalue weighted by Gasteiger charge is 2.18. The Morgan fingerprint density at radius 2 is 2.33 bits per heavy atom. The fourth-order valence-electron chi connectivity index (χ4n) is 1.38. The molecule has 15 heavy (non-hydrogen) atoms. The lowest BCUT2D eigenvalue weighted by Gasteiger charge is -2.26. The zero-order chi connectivity index (χ0) is 11.3. The Balaban J connectivity index is 2.67. The molecule has 0 aliphatic rings. The predicted molar refractivity (Wildman–Crippen MR) is 65.8 cm³/mol. The molecule has 1 aromatic heterocycles. The number of amides is 1. The highest BCUT2D eigenvalue weighted by atomic mass is 35.5. The lowest BCUT2D eigenvalue weighted by molar-refractivity contribution is 0.0707. The van der Waals surface area contributed by atoms with Crippen molar-refractivity contribution in [2.24, 2.45) is 0 Å². The van der Waals surface area contributed by atoms with Crippen LogP contribution < -0.4 is 0 Å². The van der Waals surface area contributed by atoms with Crippen molar-refractivity contribution in [2.75, 3.05) is 12.4 Å². The minimum atomic E-state index is 0.108. The van der Waals surface area contributed by atoms with Crippen molar-refractivity contribution in [2.45, 2.75) is 26.3 Å². The van der Waals surface area contributed by atoms with Gasteiger partial charge in [0.15, 0.2) is 0 Å². The molecule has 84 valence electrons. The van der Waals surface area contributed by atoms with Crippen molar-refractivity contribution >= 4 is 28.8 Å². The second-order valence-corrected chi connectivity index (χ2v) is 4.80. The van der Waals surface area contributed by atoms with Gasteiger partial charge in [-0.3, -0.25) is 4.79 Å². The van der Waals surface area contributed by atoms with Gasteiger partial charge >= 0.3 is 0 Å². The Hall–Kier alpha value is -0.540. The SMILES string of the molecule is CC(C)N(CCCCl)C(=O)c1ccsc1. The van der Waals surface area contributed by atoms with Gasteiger partial charge in [-0.15, -0.1) is 11.6 Å². The molecular formula is C11H16ClNOS. The predicted octanol–water partition coefficient (Wildman–Crippen LogP) is 3.23. The van der Waals surface area contributed by atoms with Gasteiger partial charge in [0.25, 0.3) is 5.91 Å². The molecule has 0 saturated heterocycles. The highest BCUT2D eigenvalue weighted by molar-refractivity contribution is 7.08. The van der Waals surface area contributed by atoms with Crippen LogP contribution in [0.5, 0.6) is 0 Å². The van der Waals surface area contributed by atoms with E-state index in [0.29, 0.717) is 5.88 Å². The van der Waals surface area contributed by atoms with Gasteiger partial charge in [0.2, 0.25) is 0 Å². The van der Waals surface area contributed by atoms with Gasteiger partial charge in [0.1, 0.15) is 0 Å². The molecule has 2 nitrogen and oxygen atoms in total. The van der Waals surface area contributed by atoms with Gasteiger partial charge in [0, 0.05) is 23.8 Å². The summed E-state index contributed by atoms with van der Waals surface area (Å²) in [5, 5.41) is 3.81. The fraction of sp³-hybridized carbons (Fsp3) is 0.545.